The van der Waals surface area contributed by atoms with Crippen LogP contribution in [0.5, 0.6) is 11.5 Å². The number of aryl methyl sites for hydroxylation is 2. The van der Waals surface area contributed by atoms with Gasteiger partial charge in [0.15, 0.2) is 11.5 Å². The molecule has 0 amide bonds. The van der Waals surface area contributed by atoms with Crippen LogP contribution in [0.2, 0.25) is 0 Å². The largest absolute Gasteiger partial charge is 0.486 e. The van der Waals surface area contributed by atoms with Crippen molar-refractivity contribution in [1.29, 1.82) is 0 Å². The molecule has 0 saturated carbocycles. The number of hydrogen-bond acceptors (Lipinski definition) is 3. The summed E-state index contributed by atoms with van der Waals surface area (Å²) in [6.45, 7) is 5.48. The third-order valence-corrected chi connectivity index (χ3v) is 3.35. The first-order valence-electron chi connectivity index (χ1n) is 6.47. The second-order valence-corrected chi connectivity index (χ2v) is 4.66. The van der Waals surface area contributed by atoms with Crippen molar-refractivity contribution in [2.75, 3.05) is 13.2 Å². The van der Waals surface area contributed by atoms with E-state index in [4.69, 9.17) is 9.47 Å². The highest BCUT2D eigenvalue weighted by Crippen LogP contribution is 2.36. The fourth-order valence-electron chi connectivity index (χ4n) is 2.44. The highest BCUT2D eigenvalue weighted by atomic mass is 16.6. The van der Waals surface area contributed by atoms with Gasteiger partial charge in [-0.3, -0.25) is 4.98 Å². The highest BCUT2D eigenvalue weighted by Gasteiger charge is 2.15. The zero-order valence-corrected chi connectivity index (χ0v) is 10.8. The first-order chi connectivity index (χ1) is 8.79. The minimum atomic E-state index is 0.625. The number of fused-ring (bicyclic) bond motifs is 2. The molecular weight excluding hydrogens is 226 g/mol. The Balaban J connectivity index is 2.25. The number of nitrogens with zero attached hydrogens (tertiary/aromatic N) is 1. The van der Waals surface area contributed by atoms with Crippen molar-refractivity contribution >= 4 is 10.8 Å². The summed E-state index contributed by atoms with van der Waals surface area (Å²) in [5.41, 5.74) is 2.33. The van der Waals surface area contributed by atoms with E-state index in [1.807, 2.05) is 13.1 Å². The Morgan fingerprint density at radius 1 is 1.11 bits per heavy atom. The molecule has 0 saturated heterocycles. The standard InChI is InChI=1S/C15H17NO2/c1-3-4-11-9-16-10(2)12-7-14-15(8-13(11)12)18-6-5-17-14/h7-9H,3-6H2,1-2H3. The molecule has 1 aliphatic rings. The number of aromatic nitrogens is 1. The van der Waals surface area contributed by atoms with Crippen LogP contribution in [0.15, 0.2) is 18.3 Å². The van der Waals surface area contributed by atoms with Crippen molar-refractivity contribution in [1.82, 2.24) is 4.98 Å². The Morgan fingerprint density at radius 2 is 1.78 bits per heavy atom. The number of pyridine rings is 1. The molecule has 0 N–H and O–H groups in total. The van der Waals surface area contributed by atoms with Crippen molar-refractivity contribution in [2.24, 2.45) is 0 Å². The fraction of sp³-hybridized carbons (Fsp3) is 0.400. The Morgan fingerprint density at radius 3 is 2.44 bits per heavy atom. The van der Waals surface area contributed by atoms with Gasteiger partial charge in [-0.15, -0.1) is 0 Å². The van der Waals surface area contributed by atoms with Crippen LogP contribution >= 0.6 is 0 Å². The second kappa shape index (κ2) is 4.48. The average molecular weight is 243 g/mol. The van der Waals surface area contributed by atoms with Crippen molar-refractivity contribution in [3.05, 3.63) is 29.6 Å². The summed E-state index contributed by atoms with van der Waals surface area (Å²) in [6.07, 6.45) is 4.15. The van der Waals surface area contributed by atoms with Crippen LogP contribution in [-0.4, -0.2) is 18.2 Å². The van der Waals surface area contributed by atoms with Gasteiger partial charge in [-0.2, -0.15) is 0 Å². The van der Waals surface area contributed by atoms with Crippen molar-refractivity contribution < 1.29 is 9.47 Å². The van der Waals surface area contributed by atoms with E-state index in [9.17, 15) is 0 Å². The van der Waals surface area contributed by atoms with E-state index < -0.39 is 0 Å². The van der Waals surface area contributed by atoms with Crippen LogP contribution in [0.1, 0.15) is 24.6 Å². The van der Waals surface area contributed by atoms with Gasteiger partial charge >= 0.3 is 0 Å². The summed E-state index contributed by atoms with van der Waals surface area (Å²) in [4.78, 5) is 4.48. The van der Waals surface area contributed by atoms with Gasteiger partial charge in [0.25, 0.3) is 0 Å². The Labute approximate surface area is 107 Å². The maximum absolute atomic E-state index is 5.66. The van der Waals surface area contributed by atoms with E-state index in [2.05, 4.69) is 24.0 Å². The predicted molar refractivity (Wildman–Crippen MR) is 71.5 cm³/mol. The van der Waals surface area contributed by atoms with Crippen LogP contribution in [0.25, 0.3) is 10.8 Å². The molecule has 3 rings (SSSR count). The summed E-state index contributed by atoms with van der Waals surface area (Å²) in [6, 6.07) is 4.16. The monoisotopic (exact) mass is 243 g/mol. The molecule has 0 fully saturated rings. The minimum absolute atomic E-state index is 0.625. The van der Waals surface area contributed by atoms with Crippen LogP contribution in [-0.2, 0) is 6.42 Å². The molecule has 0 aliphatic carbocycles. The van der Waals surface area contributed by atoms with E-state index in [1.165, 1.54) is 16.3 Å². The molecule has 94 valence electrons. The molecule has 2 aromatic rings. The third kappa shape index (κ3) is 1.80. The molecule has 1 aromatic heterocycles. The van der Waals surface area contributed by atoms with Gasteiger partial charge in [0, 0.05) is 17.3 Å². The lowest BCUT2D eigenvalue weighted by Gasteiger charge is -2.20. The summed E-state index contributed by atoms with van der Waals surface area (Å²) < 4.78 is 11.3. The average Bonchev–Trinajstić information content (AvgIpc) is 2.41. The molecule has 3 nitrogen and oxygen atoms in total. The molecule has 1 aromatic carbocycles. The van der Waals surface area contributed by atoms with Gasteiger partial charge in [0.1, 0.15) is 13.2 Å². The van der Waals surface area contributed by atoms with Gasteiger partial charge in [-0.1, -0.05) is 13.3 Å². The van der Waals surface area contributed by atoms with Gasteiger partial charge in [-0.25, -0.2) is 0 Å². The molecule has 0 unspecified atom stereocenters. The summed E-state index contributed by atoms with van der Waals surface area (Å²) in [5.74, 6) is 1.70. The first-order valence-corrected chi connectivity index (χ1v) is 6.47. The van der Waals surface area contributed by atoms with Gasteiger partial charge in [-0.05, 0) is 36.4 Å². The van der Waals surface area contributed by atoms with Gasteiger partial charge in [0.05, 0.1) is 0 Å². The molecule has 1 aliphatic heterocycles. The zero-order chi connectivity index (χ0) is 12.5. The molecule has 0 bridgehead atoms. The maximum Gasteiger partial charge on any atom is 0.162 e. The van der Waals surface area contributed by atoms with Crippen LogP contribution < -0.4 is 9.47 Å². The lowest BCUT2D eigenvalue weighted by Crippen LogP contribution is -2.15. The van der Waals surface area contributed by atoms with Crippen molar-refractivity contribution in [3.8, 4) is 11.5 Å². The molecule has 0 atom stereocenters. The Hall–Kier alpha value is -1.77. The van der Waals surface area contributed by atoms with Crippen LogP contribution in [0.3, 0.4) is 0 Å². The number of ether oxygens (including phenoxy) is 2. The summed E-state index contributed by atoms with van der Waals surface area (Å²) in [7, 11) is 0. The van der Waals surface area contributed by atoms with Crippen LogP contribution in [0.4, 0.5) is 0 Å². The topological polar surface area (TPSA) is 31.4 Å². The van der Waals surface area contributed by atoms with E-state index in [0.717, 1.165) is 30.0 Å². The lowest BCUT2D eigenvalue weighted by atomic mass is 10.0. The normalized spacial score (nSPS) is 13.9. The Kier molecular flexibility index (Phi) is 2.82. The zero-order valence-electron chi connectivity index (χ0n) is 10.8. The summed E-state index contributed by atoms with van der Waals surface area (Å²) in [5, 5.41) is 2.42. The Bertz CT molecular complexity index is 593. The van der Waals surface area contributed by atoms with E-state index in [0.29, 0.717) is 13.2 Å². The number of benzene rings is 1. The summed E-state index contributed by atoms with van der Waals surface area (Å²) >= 11 is 0. The van der Waals surface area contributed by atoms with Crippen molar-refractivity contribution in [2.45, 2.75) is 26.7 Å². The lowest BCUT2D eigenvalue weighted by molar-refractivity contribution is 0.172. The van der Waals surface area contributed by atoms with Crippen LogP contribution in [0, 0.1) is 6.92 Å². The molecule has 3 heteroatoms. The maximum atomic E-state index is 5.66. The van der Waals surface area contributed by atoms with E-state index in [1.54, 1.807) is 0 Å². The highest BCUT2D eigenvalue weighted by molar-refractivity contribution is 5.90. The second-order valence-electron chi connectivity index (χ2n) is 4.66. The quantitative estimate of drug-likeness (QED) is 0.811. The predicted octanol–water partition coefficient (Wildman–Crippen LogP) is 3.27. The smallest absolute Gasteiger partial charge is 0.162 e. The number of hydrogen-bond donors (Lipinski definition) is 0. The fourth-order valence-corrected chi connectivity index (χ4v) is 2.44. The third-order valence-electron chi connectivity index (χ3n) is 3.35. The minimum Gasteiger partial charge on any atom is -0.486 e. The van der Waals surface area contributed by atoms with Gasteiger partial charge in [0.2, 0.25) is 0 Å². The first kappa shape index (κ1) is 11.3. The SMILES string of the molecule is CCCc1cnc(C)c2cc3c(cc12)OCCO3. The molecule has 0 radical (unpaired) electrons. The number of rotatable bonds is 2. The molecule has 0 spiro atoms. The molecule has 2 heterocycles. The van der Waals surface area contributed by atoms with Gasteiger partial charge < -0.3 is 9.47 Å². The molecule has 18 heavy (non-hydrogen) atoms. The molecular formula is C15H17NO2. The van der Waals surface area contributed by atoms with E-state index in [-0.39, 0.29) is 0 Å². The van der Waals surface area contributed by atoms with E-state index >= 15 is 0 Å². The van der Waals surface area contributed by atoms with Crippen molar-refractivity contribution in [3.63, 3.8) is 0 Å².